The van der Waals surface area contributed by atoms with Crippen LogP contribution in [0.4, 0.5) is 15.8 Å². The summed E-state index contributed by atoms with van der Waals surface area (Å²) in [4.78, 5) is 30.3. The lowest BCUT2D eigenvalue weighted by Gasteiger charge is -2.39. The Labute approximate surface area is 317 Å². The lowest BCUT2D eigenvalue weighted by Crippen LogP contribution is -2.54. The van der Waals surface area contributed by atoms with Gasteiger partial charge in [-0.2, -0.15) is 0 Å². The second kappa shape index (κ2) is 18.7. The largest absolute Gasteiger partial charge is 0.490 e. The number of carbonyl (C=O) groups is 2. The predicted molar refractivity (Wildman–Crippen MR) is 205 cm³/mol. The van der Waals surface area contributed by atoms with E-state index in [0.717, 1.165) is 66.5 Å². The Kier molecular flexibility index (Phi) is 13.6. The van der Waals surface area contributed by atoms with Gasteiger partial charge in [0.25, 0.3) is 0 Å². The molecule has 2 fully saturated rings. The third-order valence-corrected chi connectivity index (χ3v) is 10.3. The lowest BCUT2D eigenvalue weighted by molar-refractivity contribution is -0.159. The van der Waals surface area contributed by atoms with Crippen LogP contribution in [0.3, 0.4) is 0 Å². The van der Waals surface area contributed by atoms with Crippen LogP contribution in [0.5, 0.6) is 11.5 Å². The Morgan fingerprint density at radius 2 is 1.87 bits per heavy atom. The zero-order valence-corrected chi connectivity index (χ0v) is 31.5. The number of anilines is 2. The van der Waals surface area contributed by atoms with Crippen LogP contribution in [0.1, 0.15) is 43.7 Å². The molecule has 0 bridgehead atoms. The van der Waals surface area contributed by atoms with Crippen molar-refractivity contribution < 1.29 is 37.7 Å². The summed E-state index contributed by atoms with van der Waals surface area (Å²) in [5, 5.41) is 6.13. The summed E-state index contributed by atoms with van der Waals surface area (Å²) in [5.41, 5.74) is 9.38. The van der Waals surface area contributed by atoms with Gasteiger partial charge in [-0.3, -0.25) is 4.79 Å². The monoisotopic (exact) mass is 747 g/mol. The van der Waals surface area contributed by atoms with Crippen molar-refractivity contribution in [3.8, 4) is 11.5 Å². The molecule has 1 amide bonds. The number of piperidine rings is 1. The minimum atomic E-state index is -0.846. The molecule has 0 radical (unpaired) electrons. The number of methoxy groups -OCH3 is 1. The first-order chi connectivity index (χ1) is 26.2. The van der Waals surface area contributed by atoms with Crippen LogP contribution >= 0.6 is 0 Å². The van der Waals surface area contributed by atoms with Gasteiger partial charge in [-0.25, -0.2) is 9.18 Å². The van der Waals surface area contributed by atoms with E-state index in [0.29, 0.717) is 39.5 Å². The molecule has 5 atom stereocenters. The summed E-state index contributed by atoms with van der Waals surface area (Å²) in [5.74, 6) is -0.138. The molecule has 6 rings (SSSR count). The third kappa shape index (κ3) is 10.0. The SMILES string of the molecule is COCCCN1CCOc2ccc(CO[C@H]3CNC[C@@H](OC(=O)[C@@H](NC(=O)CN)C(C)C)[C@@H]3c3ccc(O[C@H]4CCN(c5cccc(F)c5)C4)cc3)cc21. The molecule has 0 aliphatic carbocycles. The number of benzene rings is 3. The van der Waals surface area contributed by atoms with Gasteiger partial charge in [0.15, 0.2) is 0 Å². The van der Waals surface area contributed by atoms with Gasteiger partial charge in [0.1, 0.15) is 42.2 Å². The first kappa shape index (κ1) is 39.3. The van der Waals surface area contributed by atoms with E-state index >= 15 is 0 Å². The second-order valence-electron chi connectivity index (χ2n) is 14.5. The van der Waals surface area contributed by atoms with E-state index in [2.05, 4.69) is 26.5 Å². The van der Waals surface area contributed by atoms with Gasteiger partial charge in [0, 0.05) is 57.9 Å². The molecule has 3 heterocycles. The predicted octanol–water partition coefficient (Wildman–Crippen LogP) is 4.00. The Morgan fingerprint density at radius 3 is 2.63 bits per heavy atom. The molecule has 292 valence electrons. The maximum atomic E-state index is 13.8. The van der Waals surface area contributed by atoms with Crippen molar-refractivity contribution in [1.29, 1.82) is 0 Å². The van der Waals surface area contributed by atoms with Gasteiger partial charge >= 0.3 is 5.97 Å². The van der Waals surface area contributed by atoms with Gasteiger partial charge in [-0.05, 0) is 65.9 Å². The van der Waals surface area contributed by atoms with Gasteiger partial charge in [-0.15, -0.1) is 0 Å². The van der Waals surface area contributed by atoms with Gasteiger partial charge in [-0.1, -0.05) is 38.1 Å². The van der Waals surface area contributed by atoms with Crippen molar-refractivity contribution in [2.24, 2.45) is 11.7 Å². The molecule has 3 aromatic rings. The summed E-state index contributed by atoms with van der Waals surface area (Å²) in [6.45, 7) is 9.22. The number of carbonyl (C=O) groups excluding carboxylic acids is 2. The zero-order valence-electron chi connectivity index (χ0n) is 31.5. The van der Waals surface area contributed by atoms with Crippen LogP contribution in [-0.2, 0) is 30.4 Å². The summed E-state index contributed by atoms with van der Waals surface area (Å²) in [7, 11) is 1.72. The van der Waals surface area contributed by atoms with Crippen molar-refractivity contribution in [3.63, 3.8) is 0 Å². The molecular formula is C41H54FN5O7. The number of nitrogens with zero attached hydrogens (tertiary/aromatic N) is 2. The Bertz CT molecular complexity index is 1690. The highest BCUT2D eigenvalue weighted by Gasteiger charge is 2.40. The van der Waals surface area contributed by atoms with Crippen molar-refractivity contribution in [2.45, 2.75) is 63.6 Å². The number of rotatable bonds is 16. The topological polar surface area (TPSA) is 137 Å². The van der Waals surface area contributed by atoms with E-state index in [-0.39, 0.29) is 36.4 Å². The number of fused-ring (bicyclic) bond motifs is 1. The molecule has 0 unspecified atom stereocenters. The van der Waals surface area contributed by atoms with E-state index < -0.39 is 24.0 Å². The quantitative estimate of drug-likeness (QED) is 0.145. The number of hydrogen-bond acceptors (Lipinski definition) is 11. The van der Waals surface area contributed by atoms with Crippen LogP contribution in [0.2, 0.25) is 0 Å². The number of esters is 1. The van der Waals surface area contributed by atoms with Crippen molar-refractivity contribution in [2.75, 3.05) is 75.9 Å². The zero-order chi connectivity index (χ0) is 38.0. The molecule has 3 aliphatic heterocycles. The Balaban J connectivity index is 1.18. The maximum Gasteiger partial charge on any atom is 0.329 e. The third-order valence-electron chi connectivity index (χ3n) is 10.3. The Morgan fingerprint density at radius 1 is 1.06 bits per heavy atom. The molecule has 0 saturated carbocycles. The summed E-state index contributed by atoms with van der Waals surface area (Å²) >= 11 is 0. The molecule has 3 aliphatic rings. The van der Waals surface area contributed by atoms with E-state index in [1.165, 1.54) is 6.07 Å². The van der Waals surface area contributed by atoms with Gasteiger partial charge < -0.3 is 49.9 Å². The average molecular weight is 748 g/mol. The number of hydrogen-bond donors (Lipinski definition) is 3. The molecule has 4 N–H and O–H groups in total. The Hall–Kier alpha value is -4.43. The highest BCUT2D eigenvalue weighted by atomic mass is 19.1. The average Bonchev–Trinajstić information content (AvgIpc) is 3.65. The van der Waals surface area contributed by atoms with Crippen molar-refractivity contribution >= 4 is 23.3 Å². The van der Waals surface area contributed by atoms with E-state index in [1.54, 1.807) is 19.2 Å². The number of amides is 1. The molecule has 0 spiro atoms. The minimum absolute atomic E-state index is 0.0441. The fraction of sp³-hybridized carbons (Fsp3) is 0.512. The minimum Gasteiger partial charge on any atom is -0.490 e. The van der Waals surface area contributed by atoms with Crippen LogP contribution in [0.15, 0.2) is 66.7 Å². The number of nitrogens with one attached hydrogen (secondary N) is 2. The fourth-order valence-electron chi connectivity index (χ4n) is 7.46. The highest BCUT2D eigenvalue weighted by molar-refractivity contribution is 5.85. The first-order valence-electron chi connectivity index (χ1n) is 19.0. The second-order valence-corrected chi connectivity index (χ2v) is 14.5. The molecule has 2 saturated heterocycles. The van der Waals surface area contributed by atoms with Gasteiger partial charge in [0.05, 0.1) is 38.0 Å². The molecule has 0 aromatic heterocycles. The van der Waals surface area contributed by atoms with Crippen LogP contribution in [-0.4, -0.2) is 102 Å². The molecule has 12 nitrogen and oxygen atoms in total. The number of ether oxygens (including phenoxy) is 5. The van der Waals surface area contributed by atoms with Gasteiger partial charge in [0.2, 0.25) is 5.91 Å². The number of halogens is 1. The standard InChI is InChI=1S/C41H54FN5O7/c1-27(2)40(45-38(48)22-43)41(49)54-37-24-44-23-36(52-26-28-8-13-35-34(20-28)46(17-19-51-35)15-5-18-50-3)39(37)29-9-11-32(12-10-29)53-33-14-16-47(25-33)31-7-4-6-30(42)21-31/h4,6-13,20-21,27,33,36-37,39-40,44H,5,14-19,22-26,43H2,1-3H3,(H,45,48)/t33-,36-,37+,39+,40-/m0/s1. The molecule has 3 aromatic carbocycles. The first-order valence-corrected chi connectivity index (χ1v) is 19.0. The fourth-order valence-corrected chi connectivity index (χ4v) is 7.46. The lowest BCUT2D eigenvalue weighted by atomic mass is 9.85. The smallest absolute Gasteiger partial charge is 0.329 e. The maximum absolute atomic E-state index is 13.8. The highest BCUT2D eigenvalue weighted by Crippen LogP contribution is 2.36. The summed E-state index contributed by atoms with van der Waals surface area (Å²) < 4.78 is 44.3. The molecular weight excluding hydrogens is 693 g/mol. The van der Waals surface area contributed by atoms with E-state index in [1.807, 2.05) is 56.3 Å². The molecule has 54 heavy (non-hydrogen) atoms. The normalized spacial score (nSPS) is 21.7. The summed E-state index contributed by atoms with van der Waals surface area (Å²) in [6.07, 6.45) is 0.758. The number of nitrogens with two attached hydrogens (primary N) is 1. The van der Waals surface area contributed by atoms with E-state index in [4.69, 9.17) is 29.4 Å². The van der Waals surface area contributed by atoms with Crippen LogP contribution in [0, 0.1) is 11.7 Å². The van der Waals surface area contributed by atoms with Crippen molar-refractivity contribution in [1.82, 2.24) is 10.6 Å². The molecule has 13 heteroatoms. The summed E-state index contributed by atoms with van der Waals surface area (Å²) in [6, 6.07) is 19.8. The van der Waals surface area contributed by atoms with Crippen molar-refractivity contribution in [3.05, 3.63) is 83.7 Å². The van der Waals surface area contributed by atoms with E-state index in [9.17, 15) is 14.0 Å². The van der Waals surface area contributed by atoms with Crippen LogP contribution < -0.4 is 35.6 Å². The van der Waals surface area contributed by atoms with Crippen LogP contribution in [0.25, 0.3) is 0 Å².